The number of fused-ring (bicyclic) bond motifs is 2. The number of nitro groups is 1. The number of nitro benzene ring substituents is 1. The number of urea groups is 1. The maximum atomic E-state index is 13.9. The van der Waals surface area contributed by atoms with E-state index >= 15 is 0 Å². The lowest BCUT2D eigenvalue weighted by molar-refractivity contribution is -0.384. The Balaban J connectivity index is 1.55. The Morgan fingerprint density at radius 1 is 1.27 bits per heavy atom. The van der Waals surface area contributed by atoms with E-state index in [-0.39, 0.29) is 0 Å². The van der Waals surface area contributed by atoms with Gasteiger partial charge in [0.15, 0.2) is 0 Å². The van der Waals surface area contributed by atoms with E-state index in [4.69, 9.17) is 0 Å². The molecular formula is C20H17FN4O5. The Morgan fingerprint density at radius 2 is 2.03 bits per heavy atom. The summed E-state index contributed by atoms with van der Waals surface area (Å²) in [6.07, 6.45) is 1.89. The second-order valence-corrected chi connectivity index (χ2v) is 7.21. The molecule has 1 aliphatic heterocycles. The summed E-state index contributed by atoms with van der Waals surface area (Å²) in [7, 11) is 0. The van der Waals surface area contributed by atoms with Crippen LogP contribution in [0.2, 0.25) is 0 Å². The molecule has 0 saturated carbocycles. The molecule has 2 aromatic carbocycles. The highest BCUT2D eigenvalue weighted by Gasteiger charge is 2.54. The number of nitrogens with zero attached hydrogens (tertiary/aromatic N) is 2. The lowest BCUT2D eigenvalue weighted by Crippen LogP contribution is -2.47. The Labute approximate surface area is 170 Å². The summed E-state index contributed by atoms with van der Waals surface area (Å²) in [5.41, 5.74) is -0.355. The van der Waals surface area contributed by atoms with Gasteiger partial charge >= 0.3 is 6.03 Å². The van der Waals surface area contributed by atoms with Crippen LogP contribution >= 0.6 is 0 Å². The molecule has 30 heavy (non-hydrogen) atoms. The quantitative estimate of drug-likeness (QED) is 0.454. The van der Waals surface area contributed by atoms with Gasteiger partial charge in [0.05, 0.1) is 10.6 Å². The predicted molar refractivity (Wildman–Crippen MR) is 103 cm³/mol. The molecule has 0 unspecified atom stereocenters. The van der Waals surface area contributed by atoms with Gasteiger partial charge < -0.3 is 10.6 Å². The van der Waals surface area contributed by atoms with Crippen LogP contribution in [-0.2, 0) is 21.5 Å². The normalized spacial score (nSPS) is 20.1. The maximum Gasteiger partial charge on any atom is 0.325 e. The number of imide groups is 1. The van der Waals surface area contributed by atoms with Crippen molar-refractivity contribution in [3.05, 3.63) is 69.5 Å². The Hall–Kier alpha value is -3.82. The van der Waals surface area contributed by atoms with Crippen LogP contribution in [0.25, 0.3) is 0 Å². The molecule has 1 saturated heterocycles. The predicted octanol–water partition coefficient (Wildman–Crippen LogP) is 2.46. The van der Waals surface area contributed by atoms with Crippen molar-refractivity contribution in [2.45, 2.75) is 24.8 Å². The SMILES string of the molecule is O=C(CN1C(=O)N[C@]2(CCCc3ccccc32)C1=O)Nc1cc([N+](=O)[O-])ccc1F. The first kappa shape index (κ1) is 19.5. The molecule has 2 N–H and O–H groups in total. The number of non-ortho nitro benzene ring substituents is 1. The molecule has 0 aromatic heterocycles. The lowest BCUT2D eigenvalue weighted by Gasteiger charge is -2.33. The summed E-state index contributed by atoms with van der Waals surface area (Å²) in [6, 6.07) is 9.31. The zero-order valence-corrected chi connectivity index (χ0v) is 15.7. The molecule has 0 bridgehead atoms. The van der Waals surface area contributed by atoms with E-state index in [1.807, 2.05) is 12.1 Å². The molecule has 2 aliphatic rings. The maximum absolute atomic E-state index is 13.9. The minimum Gasteiger partial charge on any atom is -0.322 e. The molecule has 154 valence electrons. The Kier molecular flexibility index (Phi) is 4.69. The fourth-order valence-corrected chi connectivity index (χ4v) is 4.01. The van der Waals surface area contributed by atoms with E-state index in [0.29, 0.717) is 18.4 Å². The minimum absolute atomic E-state index is 0.403. The number of hydrogen-bond acceptors (Lipinski definition) is 5. The smallest absolute Gasteiger partial charge is 0.322 e. The number of aryl methyl sites for hydroxylation is 1. The summed E-state index contributed by atoms with van der Waals surface area (Å²) in [5.74, 6) is -2.27. The Morgan fingerprint density at radius 3 is 2.80 bits per heavy atom. The number of rotatable bonds is 4. The third kappa shape index (κ3) is 3.15. The zero-order chi connectivity index (χ0) is 21.5. The monoisotopic (exact) mass is 412 g/mol. The molecule has 4 amide bonds. The van der Waals surface area contributed by atoms with E-state index in [1.54, 1.807) is 12.1 Å². The highest BCUT2D eigenvalue weighted by molar-refractivity contribution is 6.10. The zero-order valence-electron chi connectivity index (χ0n) is 15.7. The second-order valence-electron chi connectivity index (χ2n) is 7.21. The van der Waals surface area contributed by atoms with Crippen LogP contribution in [-0.4, -0.2) is 34.2 Å². The van der Waals surface area contributed by atoms with E-state index in [9.17, 15) is 28.9 Å². The van der Waals surface area contributed by atoms with Gasteiger partial charge in [0, 0.05) is 12.1 Å². The van der Waals surface area contributed by atoms with Gasteiger partial charge in [-0.3, -0.25) is 24.6 Å². The summed E-state index contributed by atoms with van der Waals surface area (Å²) >= 11 is 0. The average Bonchev–Trinajstić information content (AvgIpc) is 2.94. The van der Waals surface area contributed by atoms with Crippen LogP contribution in [0.5, 0.6) is 0 Å². The van der Waals surface area contributed by atoms with Crippen LogP contribution in [0.15, 0.2) is 42.5 Å². The second kappa shape index (κ2) is 7.21. The highest BCUT2D eigenvalue weighted by atomic mass is 19.1. The molecule has 1 aliphatic carbocycles. The number of benzene rings is 2. The molecule has 2 aromatic rings. The van der Waals surface area contributed by atoms with Gasteiger partial charge in [-0.15, -0.1) is 0 Å². The van der Waals surface area contributed by atoms with Crippen LogP contribution < -0.4 is 10.6 Å². The molecule has 1 fully saturated rings. The van der Waals surface area contributed by atoms with Crippen LogP contribution in [0.1, 0.15) is 24.0 Å². The fraction of sp³-hybridized carbons (Fsp3) is 0.250. The first-order valence-electron chi connectivity index (χ1n) is 9.28. The van der Waals surface area contributed by atoms with Crippen molar-refractivity contribution < 1.29 is 23.7 Å². The summed E-state index contributed by atoms with van der Waals surface area (Å²) < 4.78 is 13.9. The van der Waals surface area contributed by atoms with Gasteiger partial charge in [-0.1, -0.05) is 24.3 Å². The summed E-state index contributed by atoms with van der Waals surface area (Å²) in [4.78, 5) is 49.0. The van der Waals surface area contributed by atoms with E-state index in [2.05, 4.69) is 10.6 Å². The van der Waals surface area contributed by atoms with Crippen molar-refractivity contribution in [3.8, 4) is 0 Å². The van der Waals surface area contributed by atoms with Gasteiger partial charge in [0.2, 0.25) is 5.91 Å². The molecule has 0 radical (unpaired) electrons. The standard InChI is InChI=1S/C20H17FN4O5/c21-15-8-7-13(25(29)30)10-16(15)22-17(26)11-24-18(27)20(23-19(24)28)9-3-5-12-4-1-2-6-14(12)20/h1-2,4,6-8,10H,3,5,9,11H2,(H,22,26)(H,23,28)/t20-/m0/s1. The topological polar surface area (TPSA) is 122 Å². The molecule has 10 heteroatoms. The largest absolute Gasteiger partial charge is 0.325 e. The van der Waals surface area contributed by atoms with Crippen LogP contribution in [0.4, 0.5) is 20.6 Å². The fourth-order valence-electron chi connectivity index (χ4n) is 4.01. The van der Waals surface area contributed by atoms with Gasteiger partial charge in [-0.2, -0.15) is 0 Å². The number of nitrogens with one attached hydrogen (secondary N) is 2. The number of carbonyl (C=O) groups excluding carboxylic acids is 3. The van der Waals surface area contributed by atoms with E-state index in [1.165, 1.54) is 0 Å². The lowest BCUT2D eigenvalue weighted by atomic mass is 9.76. The molecule has 9 nitrogen and oxygen atoms in total. The molecule has 1 heterocycles. The van der Waals surface area contributed by atoms with Gasteiger partial charge in [-0.25, -0.2) is 9.18 Å². The first-order chi connectivity index (χ1) is 14.3. The third-order valence-corrected chi connectivity index (χ3v) is 5.39. The van der Waals surface area contributed by atoms with E-state index in [0.717, 1.165) is 35.1 Å². The first-order valence-corrected chi connectivity index (χ1v) is 9.28. The van der Waals surface area contributed by atoms with Crippen LogP contribution in [0, 0.1) is 15.9 Å². The highest BCUT2D eigenvalue weighted by Crippen LogP contribution is 2.39. The minimum atomic E-state index is -1.22. The number of amides is 4. The van der Waals surface area contributed by atoms with Crippen molar-refractivity contribution in [1.82, 2.24) is 10.2 Å². The van der Waals surface area contributed by atoms with Crippen molar-refractivity contribution in [2.75, 3.05) is 11.9 Å². The van der Waals surface area contributed by atoms with Gasteiger partial charge in [0.1, 0.15) is 17.9 Å². The summed E-state index contributed by atoms with van der Waals surface area (Å²) in [6.45, 7) is -0.642. The van der Waals surface area contributed by atoms with Gasteiger partial charge in [-0.05, 0) is 36.5 Å². The average molecular weight is 412 g/mol. The molecule has 1 spiro atoms. The Bertz CT molecular complexity index is 1090. The molecular weight excluding hydrogens is 395 g/mol. The van der Waals surface area contributed by atoms with Crippen LogP contribution in [0.3, 0.4) is 0 Å². The molecule has 1 atom stereocenters. The summed E-state index contributed by atoms with van der Waals surface area (Å²) in [5, 5.41) is 15.8. The van der Waals surface area contributed by atoms with Crippen molar-refractivity contribution in [2.24, 2.45) is 0 Å². The molecule has 4 rings (SSSR count). The van der Waals surface area contributed by atoms with Gasteiger partial charge in [0.25, 0.3) is 11.6 Å². The number of carbonyl (C=O) groups is 3. The van der Waals surface area contributed by atoms with E-state index < -0.39 is 52.0 Å². The third-order valence-electron chi connectivity index (χ3n) is 5.39. The van der Waals surface area contributed by atoms with Crippen molar-refractivity contribution >= 4 is 29.2 Å². The van der Waals surface area contributed by atoms with Crippen molar-refractivity contribution in [1.29, 1.82) is 0 Å². The number of anilines is 1. The van der Waals surface area contributed by atoms with Crippen molar-refractivity contribution in [3.63, 3.8) is 0 Å². The number of hydrogen-bond donors (Lipinski definition) is 2. The number of halogens is 1.